The fourth-order valence-corrected chi connectivity index (χ4v) is 4.70. The maximum atomic E-state index is 13.2. The van der Waals surface area contributed by atoms with Crippen LogP contribution >= 0.6 is 0 Å². The van der Waals surface area contributed by atoms with Crippen LogP contribution in [0.15, 0.2) is 77.8 Å². The van der Waals surface area contributed by atoms with Gasteiger partial charge in [-0.3, -0.25) is 4.79 Å². The van der Waals surface area contributed by atoms with E-state index in [-0.39, 0.29) is 5.91 Å². The van der Waals surface area contributed by atoms with E-state index in [1.54, 1.807) is 0 Å². The topological polar surface area (TPSA) is 64.2 Å². The average Bonchev–Trinajstić information content (AvgIpc) is 3.55. The minimum absolute atomic E-state index is 0.0698. The lowest BCUT2D eigenvalue weighted by Gasteiger charge is -2.31. The molecular weight excluding hydrogens is 424 g/mol. The molecule has 0 N–H and O–H groups in total. The van der Waals surface area contributed by atoms with E-state index in [2.05, 4.69) is 58.8 Å². The molecule has 0 atom stereocenters. The summed E-state index contributed by atoms with van der Waals surface area (Å²) in [6, 6.07) is 18.5. The largest absolute Gasteiger partial charge is 0.443 e. The third kappa shape index (κ3) is 4.53. The van der Waals surface area contributed by atoms with Crippen LogP contribution in [0.4, 0.5) is 0 Å². The highest BCUT2D eigenvalue weighted by Gasteiger charge is 2.30. The van der Waals surface area contributed by atoms with Gasteiger partial charge in [0.25, 0.3) is 5.91 Å². The molecule has 0 aliphatic carbocycles. The van der Waals surface area contributed by atoms with Crippen LogP contribution < -0.4 is 0 Å². The number of hydrogen-bond acceptors (Lipinski definition) is 4. The van der Waals surface area contributed by atoms with E-state index in [4.69, 9.17) is 4.42 Å². The Kier molecular flexibility index (Phi) is 6.30. The summed E-state index contributed by atoms with van der Waals surface area (Å²) < 4.78 is 7.81. The van der Waals surface area contributed by atoms with Gasteiger partial charge in [0.05, 0.1) is 0 Å². The highest BCUT2D eigenvalue weighted by atomic mass is 16.3. The van der Waals surface area contributed by atoms with E-state index in [1.165, 1.54) is 17.5 Å². The Labute approximate surface area is 200 Å². The standard InChI is InChI=1S/C28H30N4O2/c1-20(2)22-10-8-21(9-11-22)18-32-17-14-29-27(32)24-12-15-31(16-13-24)28(33)25-26(34-19-30-25)23-6-4-3-5-7-23/h3-11,14,17,19-20,24H,12-13,15-16,18H2,1-2H3. The molecule has 0 saturated carbocycles. The normalized spacial score (nSPS) is 14.6. The van der Waals surface area contributed by atoms with E-state index in [0.29, 0.717) is 36.4 Å². The molecule has 0 bridgehead atoms. The second-order valence-corrected chi connectivity index (χ2v) is 9.27. The van der Waals surface area contributed by atoms with E-state index in [0.717, 1.165) is 30.8 Å². The lowest BCUT2D eigenvalue weighted by Crippen LogP contribution is -2.38. The van der Waals surface area contributed by atoms with E-state index in [1.807, 2.05) is 41.4 Å². The van der Waals surface area contributed by atoms with Crippen molar-refractivity contribution < 1.29 is 9.21 Å². The van der Waals surface area contributed by atoms with Crippen molar-refractivity contribution in [1.29, 1.82) is 0 Å². The molecule has 0 spiro atoms. The summed E-state index contributed by atoms with van der Waals surface area (Å²) in [5.74, 6) is 2.43. The molecule has 3 heterocycles. The molecule has 34 heavy (non-hydrogen) atoms. The second-order valence-electron chi connectivity index (χ2n) is 9.27. The Morgan fingerprint density at radius 2 is 1.76 bits per heavy atom. The first-order valence-corrected chi connectivity index (χ1v) is 12.0. The van der Waals surface area contributed by atoms with E-state index < -0.39 is 0 Å². The van der Waals surface area contributed by atoms with Gasteiger partial charge in [-0.1, -0.05) is 68.4 Å². The predicted octanol–water partition coefficient (Wildman–Crippen LogP) is 5.73. The number of carbonyl (C=O) groups is 1. The molecule has 1 aliphatic heterocycles. The number of benzene rings is 2. The van der Waals surface area contributed by atoms with Crippen LogP contribution in [0, 0.1) is 0 Å². The van der Waals surface area contributed by atoms with Crippen molar-refractivity contribution in [2.45, 2.75) is 45.1 Å². The van der Waals surface area contributed by atoms with Gasteiger partial charge in [-0.15, -0.1) is 0 Å². The molecule has 1 fully saturated rings. The van der Waals surface area contributed by atoms with Crippen molar-refractivity contribution in [1.82, 2.24) is 19.4 Å². The number of likely N-dealkylation sites (tertiary alicyclic amines) is 1. The maximum Gasteiger partial charge on any atom is 0.276 e. The number of amides is 1. The van der Waals surface area contributed by atoms with Crippen LogP contribution in [0.2, 0.25) is 0 Å². The summed E-state index contributed by atoms with van der Waals surface area (Å²) in [4.78, 5) is 24.0. The molecular formula is C28H30N4O2. The molecule has 0 unspecified atom stereocenters. The molecule has 5 rings (SSSR count). The number of imidazole rings is 1. The Hall–Kier alpha value is -3.67. The number of aromatic nitrogens is 3. The van der Waals surface area contributed by atoms with Crippen LogP contribution in [0.3, 0.4) is 0 Å². The van der Waals surface area contributed by atoms with E-state index >= 15 is 0 Å². The number of carbonyl (C=O) groups excluding carboxylic acids is 1. The van der Waals surface area contributed by atoms with Gasteiger partial charge in [-0.25, -0.2) is 9.97 Å². The van der Waals surface area contributed by atoms with Crippen molar-refractivity contribution in [2.24, 2.45) is 0 Å². The van der Waals surface area contributed by atoms with Gasteiger partial charge < -0.3 is 13.9 Å². The van der Waals surface area contributed by atoms with Gasteiger partial charge in [-0.2, -0.15) is 0 Å². The quantitative estimate of drug-likeness (QED) is 0.373. The van der Waals surface area contributed by atoms with Gasteiger partial charge in [-0.05, 0) is 29.9 Å². The van der Waals surface area contributed by atoms with E-state index in [9.17, 15) is 4.79 Å². The smallest absolute Gasteiger partial charge is 0.276 e. The third-order valence-electron chi connectivity index (χ3n) is 6.70. The summed E-state index contributed by atoms with van der Waals surface area (Å²) in [5.41, 5.74) is 3.88. The highest BCUT2D eigenvalue weighted by molar-refractivity contribution is 5.97. The third-order valence-corrected chi connectivity index (χ3v) is 6.70. The number of rotatable bonds is 6. The van der Waals surface area contributed by atoms with Crippen LogP contribution in [0.5, 0.6) is 0 Å². The molecule has 1 saturated heterocycles. The van der Waals surface area contributed by atoms with Gasteiger partial charge in [0.2, 0.25) is 0 Å². The molecule has 0 radical (unpaired) electrons. The van der Waals surface area contributed by atoms with Gasteiger partial charge in [0, 0.05) is 43.5 Å². The fourth-order valence-electron chi connectivity index (χ4n) is 4.70. The molecule has 1 amide bonds. The highest BCUT2D eigenvalue weighted by Crippen LogP contribution is 2.30. The zero-order valence-corrected chi connectivity index (χ0v) is 19.7. The molecule has 1 aliphatic rings. The zero-order chi connectivity index (χ0) is 23.5. The Morgan fingerprint density at radius 1 is 1.03 bits per heavy atom. The Balaban J connectivity index is 1.24. The monoisotopic (exact) mass is 454 g/mol. The van der Waals surface area contributed by atoms with Crippen molar-refractivity contribution in [3.05, 3.63) is 96.0 Å². The summed E-state index contributed by atoms with van der Waals surface area (Å²) in [5, 5.41) is 0. The number of oxazole rings is 1. The van der Waals surface area contributed by atoms with Crippen molar-refractivity contribution >= 4 is 5.91 Å². The van der Waals surface area contributed by atoms with Gasteiger partial charge in [0.15, 0.2) is 17.8 Å². The fraction of sp³-hybridized carbons (Fsp3) is 0.321. The van der Waals surface area contributed by atoms with Crippen LogP contribution in [0.1, 0.15) is 66.0 Å². The Morgan fingerprint density at radius 3 is 2.47 bits per heavy atom. The van der Waals surface area contributed by atoms with Gasteiger partial charge in [0.1, 0.15) is 5.82 Å². The first-order chi connectivity index (χ1) is 16.6. The molecule has 2 aromatic carbocycles. The minimum Gasteiger partial charge on any atom is -0.443 e. The number of piperidine rings is 1. The van der Waals surface area contributed by atoms with Crippen molar-refractivity contribution in [2.75, 3.05) is 13.1 Å². The summed E-state index contributed by atoms with van der Waals surface area (Å²) in [6.45, 7) is 6.60. The van der Waals surface area contributed by atoms with Crippen LogP contribution in [0.25, 0.3) is 11.3 Å². The Bertz CT molecular complexity index is 1230. The minimum atomic E-state index is -0.0698. The first-order valence-electron chi connectivity index (χ1n) is 12.0. The number of nitrogens with zero attached hydrogens (tertiary/aromatic N) is 4. The lowest BCUT2D eigenvalue weighted by atomic mass is 9.95. The van der Waals surface area contributed by atoms with Crippen LogP contribution in [-0.4, -0.2) is 38.4 Å². The maximum absolute atomic E-state index is 13.2. The molecule has 2 aromatic heterocycles. The summed E-state index contributed by atoms with van der Waals surface area (Å²) in [6.07, 6.45) is 7.07. The summed E-state index contributed by atoms with van der Waals surface area (Å²) in [7, 11) is 0. The van der Waals surface area contributed by atoms with Crippen LogP contribution in [-0.2, 0) is 6.54 Å². The van der Waals surface area contributed by atoms with Crippen molar-refractivity contribution in [3.63, 3.8) is 0 Å². The molecule has 174 valence electrons. The average molecular weight is 455 g/mol. The van der Waals surface area contributed by atoms with Crippen molar-refractivity contribution in [3.8, 4) is 11.3 Å². The van der Waals surface area contributed by atoms with Gasteiger partial charge >= 0.3 is 0 Å². The number of hydrogen-bond donors (Lipinski definition) is 0. The SMILES string of the molecule is CC(C)c1ccc(Cn2ccnc2C2CCN(C(=O)c3ncoc3-c3ccccc3)CC2)cc1. The first kappa shape index (κ1) is 22.1. The zero-order valence-electron chi connectivity index (χ0n) is 19.7. The predicted molar refractivity (Wildman–Crippen MR) is 132 cm³/mol. The molecule has 6 heteroatoms. The summed E-state index contributed by atoms with van der Waals surface area (Å²) >= 11 is 0. The lowest BCUT2D eigenvalue weighted by molar-refractivity contribution is 0.0705. The second kappa shape index (κ2) is 9.67. The molecule has 6 nitrogen and oxygen atoms in total. The molecule has 4 aromatic rings.